The molecule has 12 heteroatoms. The van der Waals surface area contributed by atoms with Gasteiger partial charge in [0.15, 0.2) is 0 Å². The molecular weight excluding hydrogens is 318 g/mol. The Morgan fingerprint density at radius 3 is 2.40 bits per heavy atom. The van der Waals surface area contributed by atoms with Crippen molar-refractivity contribution in [3.63, 3.8) is 0 Å². The highest BCUT2D eigenvalue weighted by Gasteiger charge is 2.43. The molecule has 0 amide bonds. The van der Waals surface area contributed by atoms with Gasteiger partial charge in [-0.25, -0.2) is 4.28 Å². The zero-order valence-corrected chi connectivity index (χ0v) is 11.9. The normalized spacial score (nSPS) is 35.9. The maximum Gasteiger partial charge on any atom is 0.466 e. The second-order valence-corrected chi connectivity index (χ2v) is 6.22. The van der Waals surface area contributed by atoms with E-state index < -0.39 is 46.9 Å². The smallest absolute Gasteiger partial charge is 0.394 e. The molecule has 0 aliphatic carbocycles. The lowest BCUT2D eigenvalue weighted by atomic mass is 10.0. The Balaban J connectivity index is 2.71. The Labute approximate surface area is 119 Å². The molecule has 1 aliphatic heterocycles. The average molecular weight is 333 g/mol. The van der Waals surface area contributed by atoms with Gasteiger partial charge in [-0.3, -0.25) is 4.55 Å². The van der Waals surface area contributed by atoms with Gasteiger partial charge in [-0.1, -0.05) is 16.9 Å². The van der Waals surface area contributed by atoms with Crippen LogP contribution in [0.3, 0.4) is 0 Å². The number of hydrogen-bond acceptors (Lipinski definition) is 10. The summed E-state index contributed by atoms with van der Waals surface area (Å²) in [6.07, 6.45) is -5.61. The molecule has 1 saturated heterocycles. The fourth-order valence-corrected chi connectivity index (χ4v) is 2.62. The van der Waals surface area contributed by atoms with Crippen LogP contribution in [0.15, 0.2) is 5.16 Å². The van der Waals surface area contributed by atoms with Gasteiger partial charge in [0.1, 0.15) is 34.9 Å². The van der Waals surface area contributed by atoms with Gasteiger partial charge in [0.05, 0.1) is 6.61 Å². The highest BCUT2D eigenvalue weighted by atomic mass is 32.3. The standard InChI is InChI=1S/C8H15NO9S2/c1-3(9-18-20(14,15)16)19-8-7(13)6(12)5(11)4(2-10)17-8/h4-8,10-13H,2H2,1H3,(H,14,15,16)/b9-3+/t4-,5-,6+,7-,8+/m1/s1. The monoisotopic (exact) mass is 333 g/mol. The number of aliphatic hydroxyl groups excluding tert-OH is 4. The molecule has 5 N–H and O–H groups in total. The molecule has 1 heterocycles. The number of aliphatic hydroxyl groups is 4. The van der Waals surface area contributed by atoms with Crippen molar-refractivity contribution in [1.82, 2.24) is 0 Å². The Morgan fingerprint density at radius 2 is 1.90 bits per heavy atom. The van der Waals surface area contributed by atoms with Gasteiger partial charge in [0, 0.05) is 0 Å². The van der Waals surface area contributed by atoms with Crippen molar-refractivity contribution in [2.45, 2.75) is 36.8 Å². The van der Waals surface area contributed by atoms with Crippen LogP contribution in [0.25, 0.3) is 0 Å². The van der Waals surface area contributed by atoms with Crippen molar-refractivity contribution in [3.05, 3.63) is 0 Å². The summed E-state index contributed by atoms with van der Waals surface area (Å²) < 4.78 is 37.9. The molecule has 0 saturated carbocycles. The maximum absolute atomic E-state index is 10.3. The number of ether oxygens (including phenoxy) is 1. The highest BCUT2D eigenvalue weighted by Crippen LogP contribution is 2.29. The van der Waals surface area contributed by atoms with E-state index >= 15 is 0 Å². The summed E-state index contributed by atoms with van der Waals surface area (Å²) in [7, 11) is -4.74. The first-order valence-electron chi connectivity index (χ1n) is 5.33. The number of hydrogen-bond donors (Lipinski definition) is 5. The third-order valence-electron chi connectivity index (χ3n) is 2.40. The summed E-state index contributed by atoms with van der Waals surface area (Å²) in [5.41, 5.74) is -1.11. The topological polar surface area (TPSA) is 166 Å². The average Bonchev–Trinajstić information content (AvgIpc) is 2.36. The minimum atomic E-state index is -4.74. The van der Waals surface area contributed by atoms with Crippen LogP contribution in [0.2, 0.25) is 0 Å². The molecule has 0 spiro atoms. The van der Waals surface area contributed by atoms with Crippen molar-refractivity contribution < 1.29 is 42.4 Å². The molecular formula is C8H15NO9S2. The molecule has 0 radical (unpaired) electrons. The summed E-state index contributed by atoms with van der Waals surface area (Å²) in [5, 5.41) is 40.8. The second-order valence-electron chi connectivity index (χ2n) is 3.93. The van der Waals surface area contributed by atoms with E-state index in [-0.39, 0.29) is 5.04 Å². The summed E-state index contributed by atoms with van der Waals surface area (Å²) in [4.78, 5) is 0. The first-order valence-corrected chi connectivity index (χ1v) is 7.58. The van der Waals surface area contributed by atoms with E-state index in [2.05, 4.69) is 9.44 Å². The highest BCUT2D eigenvalue weighted by molar-refractivity contribution is 8.14. The molecule has 10 nitrogen and oxygen atoms in total. The van der Waals surface area contributed by atoms with Crippen molar-refractivity contribution in [2.75, 3.05) is 6.61 Å². The van der Waals surface area contributed by atoms with Gasteiger partial charge in [-0.05, 0) is 6.92 Å². The molecule has 0 unspecified atom stereocenters. The molecule has 118 valence electrons. The molecule has 1 rings (SSSR count). The Kier molecular flexibility index (Phi) is 6.15. The quantitative estimate of drug-likeness (QED) is 0.163. The number of rotatable bonds is 4. The van der Waals surface area contributed by atoms with E-state index in [9.17, 15) is 23.7 Å². The van der Waals surface area contributed by atoms with Crippen LogP contribution >= 0.6 is 11.8 Å². The van der Waals surface area contributed by atoms with Crippen LogP contribution in [-0.2, 0) is 19.4 Å². The van der Waals surface area contributed by atoms with Gasteiger partial charge in [-0.2, -0.15) is 8.42 Å². The van der Waals surface area contributed by atoms with Crippen LogP contribution in [-0.4, -0.2) is 74.9 Å². The first kappa shape index (κ1) is 17.6. The molecule has 0 aromatic rings. The van der Waals surface area contributed by atoms with Crippen LogP contribution in [0, 0.1) is 0 Å². The molecule has 1 aliphatic rings. The van der Waals surface area contributed by atoms with Crippen LogP contribution in [0.4, 0.5) is 0 Å². The molecule has 0 aromatic heterocycles. The van der Waals surface area contributed by atoms with Gasteiger partial charge < -0.3 is 25.2 Å². The zero-order valence-electron chi connectivity index (χ0n) is 10.2. The lowest BCUT2D eigenvalue weighted by Gasteiger charge is -2.39. The molecule has 5 atom stereocenters. The van der Waals surface area contributed by atoms with Crippen LogP contribution in [0.5, 0.6) is 0 Å². The summed E-state index contributed by atoms with van der Waals surface area (Å²) in [5.74, 6) is 0. The molecule has 20 heavy (non-hydrogen) atoms. The van der Waals surface area contributed by atoms with Crippen LogP contribution in [0.1, 0.15) is 6.92 Å². The van der Waals surface area contributed by atoms with Crippen molar-refractivity contribution in [1.29, 1.82) is 0 Å². The third-order valence-corrected chi connectivity index (χ3v) is 3.70. The van der Waals surface area contributed by atoms with E-state index in [1.54, 1.807) is 0 Å². The zero-order chi connectivity index (χ0) is 15.5. The number of oxime groups is 1. The first-order chi connectivity index (χ1) is 9.15. The van der Waals surface area contributed by atoms with E-state index in [0.717, 1.165) is 0 Å². The number of nitrogens with zero attached hydrogens (tertiary/aromatic N) is 1. The Morgan fingerprint density at radius 1 is 1.30 bits per heavy atom. The summed E-state index contributed by atoms with van der Waals surface area (Å²) in [6.45, 7) is 0.719. The molecule has 1 fully saturated rings. The minimum absolute atomic E-state index is 0.0352. The van der Waals surface area contributed by atoms with Crippen molar-refractivity contribution >= 4 is 27.2 Å². The van der Waals surface area contributed by atoms with E-state index in [1.165, 1.54) is 6.92 Å². The predicted octanol–water partition coefficient (Wildman–Crippen LogP) is -2.33. The van der Waals surface area contributed by atoms with Crippen molar-refractivity contribution in [2.24, 2.45) is 5.16 Å². The maximum atomic E-state index is 10.3. The lowest BCUT2D eigenvalue weighted by Crippen LogP contribution is -2.57. The van der Waals surface area contributed by atoms with E-state index in [4.69, 9.17) is 14.4 Å². The lowest BCUT2D eigenvalue weighted by molar-refractivity contribution is -0.205. The SMILES string of the molecule is C/C(=N\OS(=O)(=O)O)S[C@@H]1O[C@H](CO)[C@@H](O)[C@H](O)[C@H]1O. The van der Waals surface area contributed by atoms with Gasteiger partial charge in [0.25, 0.3) is 0 Å². The van der Waals surface area contributed by atoms with Gasteiger partial charge >= 0.3 is 10.4 Å². The third kappa shape index (κ3) is 4.82. The Hall–Kier alpha value is -0.470. The molecule has 0 aromatic carbocycles. The van der Waals surface area contributed by atoms with Gasteiger partial charge in [0.2, 0.25) is 0 Å². The minimum Gasteiger partial charge on any atom is -0.394 e. The fraction of sp³-hybridized carbons (Fsp3) is 0.875. The van der Waals surface area contributed by atoms with E-state index in [0.29, 0.717) is 11.8 Å². The van der Waals surface area contributed by atoms with Gasteiger partial charge in [-0.15, -0.1) is 0 Å². The van der Waals surface area contributed by atoms with Crippen LogP contribution < -0.4 is 0 Å². The van der Waals surface area contributed by atoms with Crippen molar-refractivity contribution in [3.8, 4) is 0 Å². The fourth-order valence-electron chi connectivity index (χ4n) is 1.45. The molecule has 0 bridgehead atoms. The predicted molar refractivity (Wildman–Crippen MR) is 67.1 cm³/mol. The largest absolute Gasteiger partial charge is 0.466 e. The van der Waals surface area contributed by atoms with E-state index in [1.807, 2.05) is 0 Å². The number of thioether (sulfide) groups is 1. The summed E-state index contributed by atoms with van der Waals surface area (Å²) in [6, 6.07) is 0. The second kappa shape index (κ2) is 7.00. The summed E-state index contributed by atoms with van der Waals surface area (Å²) >= 11 is 0.689. The Bertz CT molecular complexity index is 451.